The highest BCUT2D eigenvalue weighted by molar-refractivity contribution is 5.86. The van der Waals surface area contributed by atoms with Crippen LogP contribution in [0.25, 0.3) is 0 Å². The van der Waals surface area contributed by atoms with Crippen LogP contribution in [-0.2, 0) is 9.53 Å². The number of carbonyl (C=O) groups is 2. The van der Waals surface area contributed by atoms with Crippen molar-refractivity contribution in [1.82, 2.24) is 9.80 Å². The summed E-state index contributed by atoms with van der Waals surface area (Å²) in [7, 11) is 0. The van der Waals surface area contributed by atoms with Crippen molar-refractivity contribution in [3.05, 3.63) is 30.3 Å². The highest BCUT2D eigenvalue weighted by Crippen LogP contribution is 2.24. The molecule has 1 atom stereocenters. The molecular weight excluding hydrogens is 330 g/mol. The van der Waals surface area contributed by atoms with E-state index in [2.05, 4.69) is 17.0 Å². The SMILES string of the molecule is CC(C)(C)OC(=O)N1CCCC1C(=O)N1CCN(c2ccccc2)CC1. The van der Waals surface area contributed by atoms with Gasteiger partial charge in [-0.05, 0) is 45.7 Å². The zero-order chi connectivity index (χ0) is 18.7. The molecule has 0 radical (unpaired) electrons. The van der Waals surface area contributed by atoms with Gasteiger partial charge in [0.2, 0.25) is 5.91 Å². The van der Waals surface area contributed by atoms with Gasteiger partial charge in [-0.2, -0.15) is 0 Å². The predicted octanol–water partition coefficient (Wildman–Crippen LogP) is 2.73. The van der Waals surface area contributed by atoms with Crippen molar-refractivity contribution in [3.63, 3.8) is 0 Å². The topological polar surface area (TPSA) is 53.1 Å². The van der Waals surface area contributed by atoms with E-state index < -0.39 is 5.60 Å². The van der Waals surface area contributed by atoms with E-state index in [-0.39, 0.29) is 18.0 Å². The summed E-state index contributed by atoms with van der Waals surface area (Å²) < 4.78 is 5.47. The number of carbonyl (C=O) groups excluding carboxylic acids is 2. The average Bonchev–Trinajstić information content (AvgIpc) is 3.10. The zero-order valence-corrected chi connectivity index (χ0v) is 16.0. The number of nitrogens with zero attached hydrogens (tertiary/aromatic N) is 3. The van der Waals surface area contributed by atoms with Gasteiger partial charge in [0.25, 0.3) is 0 Å². The van der Waals surface area contributed by atoms with E-state index in [1.807, 2.05) is 43.9 Å². The Hall–Kier alpha value is -2.24. The molecule has 0 aliphatic carbocycles. The van der Waals surface area contributed by atoms with E-state index in [1.165, 1.54) is 5.69 Å². The molecule has 0 bridgehead atoms. The molecule has 0 spiro atoms. The van der Waals surface area contributed by atoms with Crippen LogP contribution < -0.4 is 4.90 Å². The summed E-state index contributed by atoms with van der Waals surface area (Å²) in [5.74, 6) is 0.0565. The number of amides is 2. The second-order valence-electron chi connectivity index (χ2n) is 7.98. The zero-order valence-electron chi connectivity index (χ0n) is 16.0. The van der Waals surface area contributed by atoms with Crippen LogP contribution in [0, 0.1) is 0 Å². The van der Waals surface area contributed by atoms with Gasteiger partial charge < -0.3 is 14.5 Å². The van der Waals surface area contributed by atoms with E-state index in [1.54, 1.807) is 4.90 Å². The maximum atomic E-state index is 13.0. The van der Waals surface area contributed by atoms with Gasteiger partial charge in [-0.25, -0.2) is 4.79 Å². The first kappa shape index (κ1) is 18.5. The lowest BCUT2D eigenvalue weighted by Crippen LogP contribution is -2.54. The number of anilines is 1. The first-order valence-electron chi connectivity index (χ1n) is 9.43. The number of hydrogen-bond donors (Lipinski definition) is 0. The summed E-state index contributed by atoms with van der Waals surface area (Å²) >= 11 is 0. The van der Waals surface area contributed by atoms with Crippen molar-refractivity contribution in [3.8, 4) is 0 Å². The minimum absolute atomic E-state index is 0.0565. The van der Waals surface area contributed by atoms with Gasteiger partial charge in [0, 0.05) is 38.4 Å². The van der Waals surface area contributed by atoms with Crippen LogP contribution in [0.3, 0.4) is 0 Å². The van der Waals surface area contributed by atoms with E-state index in [9.17, 15) is 9.59 Å². The number of likely N-dealkylation sites (tertiary alicyclic amines) is 1. The van der Waals surface area contributed by atoms with Crippen molar-refractivity contribution < 1.29 is 14.3 Å². The molecule has 0 saturated carbocycles. The number of hydrogen-bond acceptors (Lipinski definition) is 4. The molecule has 1 unspecified atom stereocenters. The fourth-order valence-corrected chi connectivity index (χ4v) is 3.60. The third-order valence-corrected chi connectivity index (χ3v) is 4.88. The van der Waals surface area contributed by atoms with E-state index in [0.29, 0.717) is 19.6 Å². The number of ether oxygens (including phenoxy) is 1. The Bertz CT molecular complexity index is 633. The van der Waals surface area contributed by atoms with Crippen molar-refractivity contribution >= 4 is 17.7 Å². The largest absolute Gasteiger partial charge is 0.444 e. The normalized spacial score (nSPS) is 21.0. The molecule has 3 rings (SSSR count). The van der Waals surface area contributed by atoms with Crippen LogP contribution in [0.4, 0.5) is 10.5 Å². The van der Waals surface area contributed by atoms with Crippen LogP contribution in [-0.4, -0.2) is 66.2 Å². The fraction of sp³-hybridized carbons (Fsp3) is 0.600. The summed E-state index contributed by atoms with van der Waals surface area (Å²) in [5, 5.41) is 0. The molecule has 0 N–H and O–H groups in total. The maximum absolute atomic E-state index is 13.0. The molecule has 2 fully saturated rings. The second kappa shape index (κ2) is 7.56. The number of piperazine rings is 1. The molecular formula is C20H29N3O3. The quantitative estimate of drug-likeness (QED) is 0.815. The van der Waals surface area contributed by atoms with Crippen LogP contribution in [0.5, 0.6) is 0 Å². The molecule has 1 aromatic carbocycles. The van der Waals surface area contributed by atoms with Crippen molar-refractivity contribution in [2.24, 2.45) is 0 Å². The molecule has 142 valence electrons. The van der Waals surface area contributed by atoms with Gasteiger partial charge in [0.05, 0.1) is 0 Å². The molecule has 2 saturated heterocycles. The Morgan fingerprint density at radius 3 is 2.27 bits per heavy atom. The highest BCUT2D eigenvalue weighted by Gasteiger charge is 2.39. The van der Waals surface area contributed by atoms with Crippen LogP contribution in [0.1, 0.15) is 33.6 Å². The molecule has 6 nitrogen and oxygen atoms in total. The minimum Gasteiger partial charge on any atom is -0.444 e. The second-order valence-corrected chi connectivity index (χ2v) is 7.98. The molecule has 2 aliphatic heterocycles. The number of benzene rings is 1. The summed E-state index contributed by atoms with van der Waals surface area (Å²) in [4.78, 5) is 31.2. The Morgan fingerprint density at radius 1 is 1.00 bits per heavy atom. The summed E-state index contributed by atoms with van der Waals surface area (Å²) in [6, 6.07) is 9.88. The van der Waals surface area contributed by atoms with Gasteiger partial charge in [-0.1, -0.05) is 18.2 Å². The predicted molar refractivity (Wildman–Crippen MR) is 101 cm³/mol. The van der Waals surface area contributed by atoms with E-state index in [4.69, 9.17) is 4.74 Å². The first-order chi connectivity index (χ1) is 12.3. The number of rotatable bonds is 2. The van der Waals surface area contributed by atoms with E-state index >= 15 is 0 Å². The smallest absolute Gasteiger partial charge is 0.410 e. The van der Waals surface area contributed by atoms with Crippen molar-refractivity contribution in [2.75, 3.05) is 37.6 Å². The lowest BCUT2D eigenvalue weighted by atomic mass is 10.1. The van der Waals surface area contributed by atoms with Gasteiger partial charge >= 0.3 is 6.09 Å². The average molecular weight is 359 g/mol. The highest BCUT2D eigenvalue weighted by atomic mass is 16.6. The Kier molecular flexibility index (Phi) is 5.39. The summed E-state index contributed by atoms with van der Waals surface area (Å²) in [6.07, 6.45) is 1.19. The van der Waals surface area contributed by atoms with E-state index in [0.717, 1.165) is 25.9 Å². The van der Waals surface area contributed by atoms with Crippen LogP contribution in [0.15, 0.2) is 30.3 Å². The molecule has 2 heterocycles. The van der Waals surface area contributed by atoms with Gasteiger partial charge in [-0.3, -0.25) is 9.69 Å². The van der Waals surface area contributed by atoms with Crippen LogP contribution in [0.2, 0.25) is 0 Å². The standard InChI is InChI=1S/C20H29N3O3/c1-20(2,3)26-19(25)23-11-7-10-17(23)18(24)22-14-12-21(13-15-22)16-8-5-4-6-9-16/h4-6,8-9,17H,7,10-15H2,1-3H3. The molecule has 0 aromatic heterocycles. The van der Waals surface area contributed by atoms with Gasteiger partial charge in [-0.15, -0.1) is 0 Å². The van der Waals surface area contributed by atoms with Gasteiger partial charge in [0.15, 0.2) is 0 Å². The maximum Gasteiger partial charge on any atom is 0.410 e. The molecule has 2 aliphatic rings. The third kappa shape index (κ3) is 4.29. The van der Waals surface area contributed by atoms with Crippen molar-refractivity contribution in [1.29, 1.82) is 0 Å². The monoisotopic (exact) mass is 359 g/mol. The third-order valence-electron chi connectivity index (χ3n) is 4.88. The molecule has 26 heavy (non-hydrogen) atoms. The number of para-hydroxylation sites is 1. The fourth-order valence-electron chi connectivity index (χ4n) is 3.60. The van der Waals surface area contributed by atoms with Crippen molar-refractivity contribution in [2.45, 2.75) is 45.3 Å². The lowest BCUT2D eigenvalue weighted by Gasteiger charge is -2.38. The Balaban J connectivity index is 1.58. The lowest BCUT2D eigenvalue weighted by molar-refractivity contribution is -0.136. The molecule has 6 heteroatoms. The Morgan fingerprint density at radius 2 is 1.65 bits per heavy atom. The molecule has 1 aromatic rings. The van der Waals surface area contributed by atoms with Gasteiger partial charge in [0.1, 0.15) is 11.6 Å². The molecule has 2 amide bonds. The Labute approximate surface area is 155 Å². The summed E-state index contributed by atoms with van der Waals surface area (Å²) in [6.45, 7) is 9.14. The summed E-state index contributed by atoms with van der Waals surface area (Å²) in [5.41, 5.74) is 0.644. The minimum atomic E-state index is -0.547. The van der Waals surface area contributed by atoms with Crippen LogP contribution >= 0.6 is 0 Å². The first-order valence-corrected chi connectivity index (χ1v) is 9.43.